The van der Waals surface area contributed by atoms with E-state index in [4.69, 9.17) is 4.74 Å². The Hall–Kier alpha value is -3.59. The predicted octanol–water partition coefficient (Wildman–Crippen LogP) is 4.33. The summed E-state index contributed by atoms with van der Waals surface area (Å²) in [4.78, 5) is 34.9. The zero-order chi connectivity index (χ0) is 26.2. The maximum atomic E-state index is 14.5. The minimum Gasteiger partial charge on any atom is -0.486 e. The number of aromatic amines is 1. The van der Waals surface area contributed by atoms with Crippen LogP contribution in [0.5, 0.6) is 5.75 Å². The van der Waals surface area contributed by atoms with Gasteiger partial charge in [0.15, 0.2) is 17.3 Å². The van der Waals surface area contributed by atoms with Gasteiger partial charge in [-0.1, -0.05) is 49.7 Å². The van der Waals surface area contributed by atoms with Gasteiger partial charge >= 0.3 is 0 Å². The summed E-state index contributed by atoms with van der Waals surface area (Å²) in [6.45, 7) is 5.62. The molecule has 2 aromatic carbocycles. The van der Waals surface area contributed by atoms with Crippen molar-refractivity contribution in [3.05, 3.63) is 81.5 Å². The fraction of sp³-hybridized carbons (Fsp3) is 0.370. The fourth-order valence-corrected chi connectivity index (χ4v) is 3.86. The molecule has 0 unspecified atom stereocenters. The molecule has 3 rings (SSSR count). The Bertz CT molecular complexity index is 1260. The molecule has 0 aliphatic heterocycles. The third kappa shape index (κ3) is 6.15. The molecule has 0 spiro atoms. The van der Waals surface area contributed by atoms with Crippen LogP contribution in [0.25, 0.3) is 11.1 Å². The zero-order valence-corrected chi connectivity index (χ0v) is 20.7. The van der Waals surface area contributed by atoms with Gasteiger partial charge in [-0.25, -0.2) is 13.8 Å². The molecule has 0 aliphatic rings. The molecule has 0 aliphatic carbocycles. The van der Waals surface area contributed by atoms with Gasteiger partial charge in [-0.3, -0.25) is 9.59 Å². The highest BCUT2D eigenvalue weighted by molar-refractivity contribution is 5.95. The third-order valence-corrected chi connectivity index (χ3v) is 5.71. The highest BCUT2D eigenvalue weighted by atomic mass is 19.2. The third-order valence-electron chi connectivity index (χ3n) is 5.71. The number of unbranched alkanes of at least 4 members (excludes halogenated alkanes) is 1. The number of carbonyl (C=O) groups excluding carboxylic acids is 1. The smallest absolute Gasteiger partial charge is 0.294 e. The highest BCUT2D eigenvalue weighted by Crippen LogP contribution is 2.29. The van der Waals surface area contributed by atoms with Crippen LogP contribution in [-0.4, -0.2) is 51.7 Å². The Morgan fingerprint density at radius 2 is 1.86 bits per heavy atom. The number of aliphatic hydroxyl groups excluding tert-OH is 1. The van der Waals surface area contributed by atoms with Gasteiger partial charge in [0.05, 0.1) is 13.2 Å². The Kier molecular flexibility index (Phi) is 9.30. The summed E-state index contributed by atoms with van der Waals surface area (Å²) in [7, 11) is 0. The molecule has 9 heteroatoms. The molecule has 1 heterocycles. The molecule has 0 radical (unpaired) electrons. The summed E-state index contributed by atoms with van der Waals surface area (Å²) in [6, 6.07) is 10.5. The predicted molar refractivity (Wildman–Crippen MR) is 133 cm³/mol. The lowest BCUT2D eigenvalue weighted by Crippen LogP contribution is -2.40. The average molecular weight is 500 g/mol. The van der Waals surface area contributed by atoms with E-state index < -0.39 is 23.1 Å². The second kappa shape index (κ2) is 12.4. The molecule has 0 fully saturated rings. The van der Waals surface area contributed by atoms with Crippen molar-refractivity contribution in [2.45, 2.75) is 46.1 Å². The van der Waals surface area contributed by atoms with E-state index in [2.05, 4.69) is 9.97 Å². The SMILES string of the molecule is CCCCOc1c(C(=O)N(CCO)C(C)C)nc(Cc2ccccc2-c2cccc(F)c2F)[nH]c1=O. The van der Waals surface area contributed by atoms with Gasteiger partial charge in [-0.05, 0) is 37.5 Å². The van der Waals surface area contributed by atoms with Gasteiger partial charge < -0.3 is 19.7 Å². The number of nitrogens with zero attached hydrogens (tertiary/aromatic N) is 2. The van der Waals surface area contributed by atoms with Gasteiger partial charge in [0, 0.05) is 24.6 Å². The standard InChI is InChI=1S/C27H31F2N3O4/c1-4-5-15-36-25-24(27(35)32(13-14-33)17(2)3)30-22(31-26(25)34)16-18-9-6-7-10-19(18)20-11-8-12-21(28)23(20)29/h6-12,17,33H,4-5,13-16H2,1-3H3,(H,30,31,34). The number of amides is 1. The van der Waals surface area contributed by atoms with Crippen LogP contribution >= 0.6 is 0 Å². The summed E-state index contributed by atoms with van der Waals surface area (Å²) in [5, 5.41) is 9.44. The van der Waals surface area contributed by atoms with Crippen LogP contribution < -0.4 is 10.3 Å². The number of carbonyl (C=O) groups is 1. The topological polar surface area (TPSA) is 95.5 Å². The van der Waals surface area contributed by atoms with Gasteiger partial charge in [0.2, 0.25) is 5.75 Å². The van der Waals surface area contributed by atoms with Crippen molar-refractivity contribution in [3.8, 4) is 16.9 Å². The fourth-order valence-electron chi connectivity index (χ4n) is 3.86. The second-order valence-electron chi connectivity index (χ2n) is 8.64. The molecule has 0 bridgehead atoms. The largest absolute Gasteiger partial charge is 0.486 e. The van der Waals surface area contributed by atoms with Gasteiger partial charge in [-0.2, -0.15) is 0 Å². The van der Waals surface area contributed by atoms with Crippen LogP contribution in [0.4, 0.5) is 8.78 Å². The van der Waals surface area contributed by atoms with Crippen molar-refractivity contribution in [2.75, 3.05) is 19.8 Å². The molecule has 0 atom stereocenters. The van der Waals surface area contributed by atoms with E-state index in [0.717, 1.165) is 12.5 Å². The van der Waals surface area contributed by atoms with Crippen molar-refractivity contribution in [2.24, 2.45) is 0 Å². The van der Waals surface area contributed by atoms with Crippen molar-refractivity contribution in [1.82, 2.24) is 14.9 Å². The first-order valence-corrected chi connectivity index (χ1v) is 12.0. The van der Waals surface area contributed by atoms with E-state index in [-0.39, 0.29) is 55.1 Å². The summed E-state index contributed by atoms with van der Waals surface area (Å²) in [5.74, 6) is -2.48. The number of nitrogens with one attached hydrogen (secondary N) is 1. The van der Waals surface area contributed by atoms with Crippen LogP contribution in [0.15, 0.2) is 47.3 Å². The van der Waals surface area contributed by atoms with Crippen molar-refractivity contribution in [3.63, 3.8) is 0 Å². The van der Waals surface area contributed by atoms with Crippen LogP contribution in [0.3, 0.4) is 0 Å². The molecule has 36 heavy (non-hydrogen) atoms. The van der Waals surface area contributed by atoms with Crippen molar-refractivity contribution >= 4 is 5.91 Å². The number of benzene rings is 2. The summed E-state index contributed by atoms with van der Waals surface area (Å²) >= 11 is 0. The maximum Gasteiger partial charge on any atom is 0.294 e. The quantitative estimate of drug-likeness (QED) is 0.383. The molecular formula is C27H31F2N3O4. The number of halogens is 2. The summed E-state index contributed by atoms with van der Waals surface area (Å²) in [5.41, 5.74) is 0.345. The van der Waals surface area contributed by atoms with Crippen LogP contribution in [0, 0.1) is 11.6 Å². The first kappa shape index (κ1) is 27.0. The Morgan fingerprint density at radius 1 is 1.14 bits per heavy atom. The number of aliphatic hydroxyl groups is 1. The molecule has 192 valence electrons. The van der Waals surface area contributed by atoms with Crippen molar-refractivity contribution < 1.29 is 23.4 Å². The van der Waals surface area contributed by atoms with E-state index >= 15 is 0 Å². The van der Waals surface area contributed by atoms with Crippen LogP contribution in [-0.2, 0) is 6.42 Å². The molecular weight excluding hydrogens is 468 g/mol. The van der Waals surface area contributed by atoms with E-state index in [1.165, 1.54) is 17.0 Å². The van der Waals surface area contributed by atoms with E-state index in [0.29, 0.717) is 17.5 Å². The maximum absolute atomic E-state index is 14.5. The number of hydrogen-bond acceptors (Lipinski definition) is 5. The van der Waals surface area contributed by atoms with E-state index in [9.17, 15) is 23.5 Å². The monoisotopic (exact) mass is 499 g/mol. The minimum absolute atomic E-state index is 0.0541. The van der Waals surface area contributed by atoms with E-state index in [1.807, 2.05) is 6.92 Å². The molecule has 2 N–H and O–H groups in total. The minimum atomic E-state index is -0.974. The first-order chi connectivity index (χ1) is 17.3. The Labute approximate surface area is 208 Å². The van der Waals surface area contributed by atoms with Gasteiger partial charge in [0.1, 0.15) is 5.82 Å². The summed E-state index contributed by atoms with van der Waals surface area (Å²) in [6.07, 6.45) is 1.58. The van der Waals surface area contributed by atoms with Crippen LogP contribution in [0.2, 0.25) is 0 Å². The molecule has 0 saturated carbocycles. The van der Waals surface area contributed by atoms with E-state index in [1.54, 1.807) is 38.1 Å². The Balaban J connectivity index is 2.07. The number of aromatic nitrogens is 2. The lowest BCUT2D eigenvalue weighted by molar-refractivity contribution is 0.0653. The lowest BCUT2D eigenvalue weighted by atomic mass is 9.97. The number of hydrogen-bond donors (Lipinski definition) is 2. The molecule has 1 aromatic heterocycles. The van der Waals surface area contributed by atoms with Gasteiger partial charge in [0.25, 0.3) is 11.5 Å². The summed E-state index contributed by atoms with van der Waals surface area (Å²) < 4.78 is 34.1. The normalized spacial score (nSPS) is 11.1. The first-order valence-electron chi connectivity index (χ1n) is 12.0. The lowest BCUT2D eigenvalue weighted by Gasteiger charge is -2.26. The molecule has 3 aromatic rings. The Morgan fingerprint density at radius 3 is 2.56 bits per heavy atom. The average Bonchev–Trinajstić information content (AvgIpc) is 2.85. The molecule has 1 amide bonds. The highest BCUT2D eigenvalue weighted by Gasteiger charge is 2.26. The molecule has 0 saturated heterocycles. The zero-order valence-electron chi connectivity index (χ0n) is 20.7. The van der Waals surface area contributed by atoms with Crippen LogP contribution in [0.1, 0.15) is 55.5 Å². The number of ether oxygens (including phenoxy) is 1. The molecule has 7 nitrogen and oxygen atoms in total. The second-order valence-corrected chi connectivity index (χ2v) is 8.64. The number of H-pyrrole nitrogens is 1. The van der Waals surface area contributed by atoms with Crippen molar-refractivity contribution in [1.29, 1.82) is 0 Å². The van der Waals surface area contributed by atoms with Gasteiger partial charge in [-0.15, -0.1) is 0 Å². The number of rotatable bonds is 11.